The first kappa shape index (κ1) is 10.8. The molecule has 0 aromatic carbocycles. The van der Waals surface area contributed by atoms with Crippen LogP contribution in [0.4, 0.5) is 13.2 Å². The standard InChI is InChI=1S/C7H9F3N2O2/c8-7(9,10)6(14)12-3-1-2-4(12)5(11)13/h4H,1-3H2,(H2,11,13). The number of alkyl halides is 3. The lowest BCUT2D eigenvalue weighted by atomic mass is 10.2. The van der Waals surface area contributed by atoms with E-state index >= 15 is 0 Å². The van der Waals surface area contributed by atoms with Crippen molar-refractivity contribution in [3.05, 3.63) is 0 Å². The molecule has 1 heterocycles. The first-order chi connectivity index (χ1) is 6.34. The number of halogens is 3. The summed E-state index contributed by atoms with van der Waals surface area (Å²) in [5.41, 5.74) is 4.87. The number of rotatable bonds is 1. The van der Waals surface area contributed by atoms with E-state index in [4.69, 9.17) is 5.73 Å². The SMILES string of the molecule is NC(=O)C1CCCN1C(=O)C(F)(F)F. The fourth-order valence-electron chi connectivity index (χ4n) is 1.47. The highest BCUT2D eigenvalue weighted by molar-refractivity contribution is 5.89. The summed E-state index contributed by atoms with van der Waals surface area (Å²) in [7, 11) is 0. The zero-order valence-corrected chi connectivity index (χ0v) is 7.17. The number of carbonyl (C=O) groups is 2. The van der Waals surface area contributed by atoms with E-state index in [2.05, 4.69) is 0 Å². The van der Waals surface area contributed by atoms with Crippen molar-refractivity contribution in [2.45, 2.75) is 25.1 Å². The van der Waals surface area contributed by atoms with Crippen molar-refractivity contribution in [2.24, 2.45) is 5.73 Å². The van der Waals surface area contributed by atoms with Crippen molar-refractivity contribution in [3.63, 3.8) is 0 Å². The number of hydrogen-bond donors (Lipinski definition) is 1. The van der Waals surface area contributed by atoms with Crippen LogP contribution in [0.5, 0.6) is 0 Å². The van der Waals surface area contributed by atoms with E-state index in [9.17, 15) is 22.8 Å². The highest BCUT2D eigenvalue weighted by atomic mass is 19.4. The number of nitrogens with two attached hydrogens (primary N) is 1. The number of hydrogen-bond acceptors (Lipinski definition) is 2. The first-order valence-corrected chi connectivity index (χ1v) is 4.01. The maximum atomic E-state index is 12.0. The van der Waals surface area contributed by atoms with Crippen LogP contribution in [0.3, 0.4) is 0 Å². The van der Waals surface area contributed by atoms with Crippen LogP contribution in [0.2, 0.25) is 0 Å². The predicted molar refractivity (Wildman–Crippen MR) is 40.0 cm³/mol. The van der Waals surface area contributed by atoms with Gasteiger partial charge >= 0.3 is 12.1 Å². The average Bonchev–Trinajstić information content (AvgIpc) is 2.48. The molecule has 2 amide bonds. The molecule has 1 atom stereocenters. The second-order valence-corrected chi connectivity index (χ2v) is 3.06. The third-order valence-corrected chi connectivity index (χ3v) is 2.08. The second-order valence-electron chi connectivity index (χ2n) is 3.06. The second kappa shape index (κ2) is 3.47. The molecule has 0 aliphatic carbocycles. The molecule has 1 aliphatic rings. The van der Waals surface area contributed by atoms with Gasteiger partial charge in [-0.3, -0.25) is 9.59 Å². The van der Waals surface area contributed by atoms with Gasteiger partial charge in [0, 0.05) is 6.54 Å². The van der Waals surface area contributed by atoms with E-state index in [1.165, 1.54) is 0 Å². The van der Waals surface area contributed by atoms with E-state index in [1.54, 1.807) is 0 Å². The van der Waals surface area contributed by atoms with Gasteiger partial charge in [-0.15, -0.1) is 0 Å². The molecule has 0 aromatic rings. The number of carbonyl (C=O) groups excluding carboxylic acids is 2. The summed E-state index contributed by atoms with van der Waals surface area (Å²) in [6.07, 6.45) is -4.36. The van der Waals surface area contributed by atoms with Crippen molar-refractivity contribution in [1.82, 2.24) is 4.90 Å². The molecule has 14 heavy (non-hydrogen) atoms. The lowest BCUT2D eigenvalue weighted by Gasteiger charge is -2.22. The van der Waals surface area contributed by atoms with E-state index in [-0.39, 0.29) is 13.0 Å². The summed E-state index contributed by atoms with van der Waals surface area (Å²) in [5, 5.41) is 0. The molecule has 1 saturated heterocycles. The van der Waals surface area contributed by atoms with Crippen molar-refractivity contribution in [3.8, 4) is 0 Å². The lowest BCUT2D eigenvalue weighted by Crippen LogP contribution is -2.48. The van der Waals surface area contributed by atoms with Crippen molar-refractivity contribution < 1.29 is 22.8 Å². The normalized spacial score (nSPS) is 22.5. The van der Waals surface area contributed by atoms with Gasteiger partial charge in [0.1, 0.15) is 6.04 Å². The van der Waals surface area contributed by atoms with E-state index in [0.717, 1.165) is 0 Å². The van der Waals surface area contributed by atoms with Gasteiger partial charge in [0.25, 0.3) is 0 Å². The topological polar surface area (TPSA) is 63.4 Å². The van der Waals surface area contributed by atoms with Gasteiger partial charge in [0.05, 0.1) is 0 Å². The highest BCUT2D eigenvalue weighted by Gasteiger charge is 2.47. The van der Waals surface area contributed by atoms with Crippen LogP contribution in [-0.4, -0.2) is 35.5 Å². The molecule has 80 valence electrons. The maximum Gasteiger partial charge on any atom is 0.471 e. The average molecular weight is 210 g/mol. The monoisotopic (exact) mass is 210 g/mol. The van der Waals surface area contributed by atoms with E-state index < -0.39 is 24.0 Å². The van der Waals surface area contributed by atoms with Gasteiger partial charge in [-0.1, -0.05) is 0 Å². The first-order valence-electron chi connectivity index (χ1n) is 4.01. The minimum atomic E-state index is -4.93. The van der Waals surface area contributed by atoms with Crippen molar-refractivity contribution in [1.29, 1.82) is 0 Å². The molecule has 1 fully saturated rings. The minimum absolute atomic E-state index is 0.0635. The number of nitrogens with zero attached hydrogens (tertiary/aromatic N) is 1. The third-order valence-electron chi connectivity index (χ3n) is 2.08. The Morgan fingerprint density at radius 3 is 2.36 bits per heavy atom. The van der Waals surface area contributed by atoms with Gasteiger partial charge in [-0.05, 0) is 12.8 Å². The summed E-state index contributed by atoms with van der Waals surface area (Å²) in [5.74, 6) is -2.88. The zero-order chi connectivity index (χ0) is 10.9. The van der Waals surface area contributed by atoms with E-state index in [1.807, 2.05) is 0 Å². The molecule has 0 radical (unpaired) electrons. The fraction of sp³-hybridized carbons (Fsp3) is 0.714. The van der Waals surface area contributed by atoms with E-state index in [0.29, 0.717) is 11.3 Å². The van der Waals surface area contributed by atoms with Crippen LogP contribution in [0.1, 0.15) is 12.8 Å². The predicted octanol–water partition coefficient (Wildman–Crippen LogP) is 0.0250. The van der Waals surface area contributed by atoms with Crippen molar-refractivity contribution in [2.75, 3.05) is 6.54 Å². The molecule has 1 unspecified atom stereocenters. The van der Waals surface area contributed by atoms with Crippen LogP contribution in [0, 0.1) is 0 Å². The summed E-state index contributed by atoms with van der Waals surface area (Å²) in [6, 6.07) is -1.11. The Bertz CT molecular complexity index is 264. The molecular weight excluding hydrogens is 201 g/mol. The van der Waals surface area contributed by atoms with Crippen molar-refractivity contribution >= 4 is 11.8 Å². The summed E-state index contributed by atoms with van der Waals surface area (Å²) in [4.78, 5) is 22.0. The molecule has 0 spiro atoms. The molecule has 0 saturated carbocycles. The molecular formula is C7H9F3N2O2. The Morgan fingerprint density at radius 2 is 1.93 bits per heavy atom. The van der Waals surface area contributed by atoms with Gasteiger partial charge < -0.3 is 10.6 Å². The Balaban J connectivity index is 2.77. The Labute approximate surface area is 77.8 Å². The van der Waals surface area contributed by atoms with Crippen LogP contribution >= 0.6 is 0 Å². The van der Waals surface area contributed by atoms with Crippen LogP contribution in [0.25, 0.3) is 0 Å². The molecule has 1 aliphatic heterocycles. The zero-order valence-electron chi connectivity index (χ0n) is 7.17. The summed E-state index contributed by atoms with van der Waals surface area (Å²) >= 11 is 0. The van der Waals surface area contributed by atoms with Gasteiger partial charge in [-0.25, -0.2) is 0 Å². The van der Waals surface area contributed by atoms with Crippen LogP contribution < -0.4 is 5.73 Å². The molecule has 4 nitrogen and oxygen atoms in total. The smallest absolute Gasteiger partial charge is 0.368 e. The molecule has 1 rings (SSSR count). The number of primary amides is 1. The minimum Gasteiger partial charge on any atom is -0.368 e. The maximum absolute atomic E-state index is 12.0. The molecule has 2 N–H and O–H groups in total. The fourth-order valence-corrected chi connectivity index (χ4v) is 1.47. The Kier molecular flexibility index (Phi) is 2.68. The largest absolute Gasteiger partial charge is 0.471 e. The van der Waals surface area contributed by atoms with Gasteiger partial charge in [0.15, 0.2) is 0 Å². The summed E-state index contributed by atoms with van der Waals surface area (Å²) < 4.78 is 36.0. The van der Waals surface area contributed by atoms with Crippen LogP contribution in [-0.2, 0) is 9.59 Å². The Morgan fingerprint density at radius 1 is 1.36 bits per heavy atom. The molecule has 7 heteroatoms. The third kappa shape index (κ3) is 1.97. The number of amides is 2. The Hall–Kier alpha value is -1.27. The lowest BCUT2D eigenvalue weighted by molar-refractivity contribution is -0.186. The van der Waals surface area contributed by atoms with Gasteiger partial charge in [0.2, 0.25) is 5.91 Å². The summed E-state index contributed by atoms with van der Waals surface area (Å²) in [6.45, 7) is -0.0635. The molecule has 0 aromatic heterocycles. The van der Waals surface area contributed by atoms with Gasteiger partial charge in [-0.2, -0.15) is 13.2 Å². The van der Waals surface area contributed by atoms with Crippen LogP contribution in [0.15, 0.2) is 0 Å². The molecule has 0 bridgehead atoms. The highest BCUT2D eigenvalue weighted by Crippen LogP contribution is 2.25. The number of likely N-dealkylation sites (tertiary alicyclic amines) is 1. The quantitative estimate of drug-likeness (QED) is 0.663.